The Bertz CT molecular complexity index is 1310. The number of nitrogens with two attached hydrogens (primary N) is 1. The normalized spacial score (nSPS) is 26.6. The molecule has 0 spiro atoms. The minimum absolute atomic E-state index is 0.0316. The van der Waals surface area contributed by atoms with Gasteiger partial charge in [0.25, 0.3) is 5.91 Å². The number of ketones is 2. The zero-order valence-corrected chi connectivity index (χ0v) is 23.3. The van der Waals surface area contributed by atoms with E-state index in [1.807, 2.05) is 38.9 Å². The Morgan fingerprint density at radius 1 is 1.10 bits per heavy atom. The fourth-order valence-electron chi connectivity index (χ4n) is 6.56. The summed E-state index contributed by atoms with van der Waals surface area (Å²) in [6.45, 7) is 5.86. The molecule has 4 rings (SSSR count). The summed E-state index contributed by atoms with van der Waals surface area (Å²) in [5, 5.41) is 45.5. The molecule has 1 unspecified atom stereocenters. The van der Waals surface area contributed by atoms with Gasteiger partial charge in [0.1, 0.15) is 22.8 Å². The first kappa shape index (κ1) is 28.6. The van der Waals surface area contributed by atoms with Gasteiger partial charge in [0.15, 0.2) is 11.4 Å². The van der Waals surface area contributed by atoms with E-state index in [1.54, 1.807) is 14.1 Å². The number of hydrogen-bond donors (Lipinski definition) is 5. The molecule has 1 amide bonds. The average molecular weight is 543 g/mol. The second-order valence-corrected chi connectivity index (χ2v) is 11.1. The lowest BCUT2D eigenvalue weighted by atomic mass is 9.58. The van der Waals surface area contributed by atoms with Crippen LogP contribution >= 0.6 is 0 Å². The molecule has 212 valence electrons. The van der Waals surface area contributed by atoms with Gasteiger partial charge in [-0.25, -0.2) is 0 Å². The van der Waals surface area contributed by atoms with E-state index in [4.69, 9.17) is 5.73 Å². The van der Waals surface area contributed by atoms with Crippen LogP contribution in [0.25, 0.3) is 0 Å². The van der Waals surface area contributed by atoms with Crippen molar-refractivity contribution in [3.8, 4) is 5.75 Å². The molecule has 39 heavy (non-hydrogen) atoms. The highest BCUT2D eigenvalue weighted by atomic mass is 16.3. The van der Waals surface area contributed by atoms with Crippen LogP contribution in [0.1, 0.15) is 41.8 Å². The lowest BCUT2D eigenvalue weighted by molar-refractivity contribution is -0.148. The topological polar surface area (TPSA) is 168 Å². The molecule has 1 aromatic carbocycles. The average Bonchev–Trinajstić information content (AvgIpc) is 2.85. The highest BCUT2D eigenvalue weighted by Crippen LogP contribution is 2.53. The van der Waals surface area contributed by atoms with Gasteiger partial charge in [-0.2, -0.15) is 0 Å². The quantitative estimate of drug-likeness (QED) is 0.314. The summed E-state index contributed by atoms with van der Waals surface area (Å²) < 4.78 is 0. The minimum Gasteiger partial charge on any atom is -0.510 e. The van der Waals surface area contributed by atoms with Gasteiger partial charge in [-0.15, -0.1) is 0 Å². The first-order valence-corrected chi connectivity index (χ1v) is 13.1. The maximum atomic E-state index is 14.1. The largest absolute Gasteiger partial charge is 0.510 e. The van der Waals surface area contributed by atoms with Crippen LogP contribution in [0.15, 0.2) is 28.7 Å². The number of Topliss-reactive ketones (excluding diaryl/α,β-unsaturated/α-hetero) is 2. The number of primary amides is 1. The molecule has 0 saturated heterocycles. The molecule has 0 aromatic heterocycles. The molecule has 3 aliphatic carbocycles. The predicted octanol–water partition coefficient (Wildman–Crippen LogP) is 1.03. The standard InChI is InChI=1S/C28H38N4O7/c1-7-32(8-2)12-14-11-17(30(3)4)15-9-13-10-16-21(31(5)6)24(35)20(27(29)38)26(37)28(16,39)25(36)18(13)23(34)19(15)22(14)33/h11,13,16,21,33,35-36,39H,7-10,12H2,1-6H3,(H2,29,38)/t13-,16+,21?,28+/m1/s1. The zero-order chi connectivity index (χ0) is 29.1. The molecule has 4 atom stereocenters. The summed E-state index contributed by atoms with van der Waals surface area (Å²) in [6, 6.07) is 0.849. The van der Waals surface area contributed by atoms with Gasteiger partial charge >= 0.3 is 0 Å². The monoisotopic (exact) mass is 542 g/mol. The molecule has 0 saturated carbocycles. The highest BCUT2D eigenvalue weighted by molar-refractivity contribution is 6.24. The molecule has 1 aromatic rings. The van der Waals surface area contributed by atoms with Crippen molar-refractivity contribution in [2.24, 2.45) is 17.6 Å². The number of likely N-dealkylation sites (N-methyl/N-ethyl adjacent to an activating group) is 1. The number of phenols is 1. The number of aliphatic hydroxyl groups excluding tert-OH is 2. The number of anilines is 1. The van der Waals surface area contributed by atoms with Crippen LogP contribution in [0, 0.1) is 11.8 Å². The second kappa shape index (κ2) is 9.96. The molecule has 11 nitrogen and oxygen atoms in total. The molecule has 0 heterocycles. The van der Waals surface area contributed by atoms with Crippen molar-refractivity contribution in [1.29, 1.82) is 0 Å². The first-order valence-electron chi connectivity index (χ1n) is 13.1. The summed E-state index contributed by atoms with van der Waals surface area (Å²) in [4.78, 5) is 45.1. The summed E-state index contributed by atoms with van der Waals surface area (Å²) >= 11 is 0. The van der Waals surface area contributed by atoms with Crippen molar-refractivity contribution >= 4 is 23.2 Å². The van der Waals surface area contributed by atoms with Crippen LogP contribution in [-0.2, 0) is 22.6 Å². The van der Waals surface area contributed by atoms with E-state index in [0.717, 1.165) is 18.8 Å². The van der Waals surface area contributed by atoms with Crippen molar-refractivity contribution in [3.05, 3.63) is 45.4 Å². The Morgan fingerprint density at radius 2 is 1.72 bits per heavy atom. The Kier molecular flexibility index (Phi) is 7.30. The maximum absolute atomic E-state index is 14.1. The number of aliphatic hydroxyl groups is 3. The van der Waals surface area contributed by atoms with E-state index < -0.39 is 58.0 Å². The van der Waals surface area contributed by atoms with Crippen LogP contribution in [0.3, 0.4) is 0 Å². The van der Waals surface area contributed by atoms with E-state index in [9.17, 15) is 34.8 Å². The third-order valence-electron chi connectivity index (χ3n) is 8.55. The number of allylic oxidation sites excluding steroid dienone is 1. The van der Waals surface area contributed by atoms with E-state index in [0.29, 0.717) is 17.7 Å². The van der Waals surface area contributed by atoms with Crippen LogP contribution in [-0.4, -0.2) is 101 Å². The van der Waals surface area contributed by atoms with Crippen molar-refractivity contribution in [3.63, 3.8) is 0 Å². The van der Waals surface area contributed by atoms with Gasteiger partial charge in [0.05, 0.1) is 11.6 Å². The Labute approximate surface area is 227 Å². The maximum Gasteiger partial charge on any atom is 0.255 e. The molecule has 11 heteroatoms. The molecule has 6 N–H and O–H groups in total. The van der Waals surface area contributed by atoms with Crippen LogP contribution in [0.4, 0.5) is 5.69 Å². The summed E-state index contributed by atoms with van der Waals surface area (Å²) in [7, 11) is 6.90. The number of hydrogen-bond acceptors (Lipinski definition) is 10. The Hall–Kier alpha value is -3.41. The lowest BCUT2D eigenvalue weighted by Crippen LogP contribution is -2.63. The van der Waals surface area contributed by atoms with Crippen LogP contribution in [0.2, 0.25) is 0 Å². The van der Waals surface area contributed by atoms with Gasteiger partial charge in [-0.3, -0.25) is 24.2 Å². The van der Waals surface area contributed by atoms with Gasteiger partial charge in [-0.1, -0.05) is 13.8 Å². The number of carbonyl (C=O) groups excluding carboxylic acids is 3. The molecule has 3 aliphatic rings. The predicted molar refractivity (Wildman–Crippen MR) is 145 cm³/mol. The van der Waals surface area contributed by atoms with Gasteiger partial charge in [0.2, 0.25) is 5.78 Å². The highest BCUT2D eigenvalue weighted by Gasteiger charge is 2.63. The Balaban J connectivity index is 1.95. The van der Waals surface area contributed by atoms with E-state index in [1.165, 1.54) is 4.90 Å². The number of fused-ring (bicyclic) bond motifs is 3. The van der Waals surface area contributed by atoms with Crippen LogP contribution < -0.4 is 10.6 Å². The van der Waals surface area contributed by atoms with Crippen LogP contribution in [0.5, 0.6) is 5.75 Å². The van der Waals surface area contributed by atoms with Crippen molar-refractivity contribution in [1.82, 2.24) is 9.80 Å². The third-order valence-corrected chi connectivity index (χ3v) is 8.55. The van der Waals surface area contributed by atoms with E-state index >= 15 is 0 Å². The van der Waals surface area contributed by atoms with E-state index in [-0.39, 0.29) is 29.7 Å². The number of carbonyl (C=O) groups is 3. The first-order chi connectivity index (χ1) is 18.2. The molecule has 0 radical (unpaired) electrons. The number of phenolic OH excluding ortho intramolecular Hbond substituents is 1. The minimum atomic E-state index is -2.65. The summed E-state index contributed by atoms with van der Waals surface area (Å²) in [5.41, 5.74) is 3.71. The molecular formula is C28H38N4O7. The third kappa shape index (κ3) is 4.11. The fraction of sp³-hybridized carbons (Fsp3) is 0.536. The summed E-state index contributed by atoms with van der Waals surface area (Å²) in [6.07, 6.45) is 0.307. The van der Waals surface area contributed by atoms with Gasteiger partial charge in [0, 0.05) is 43.4 Å². The smallest absolute Gasteiger partial charge is 0.255 e. The number of benzene rings is 1. The van der Waals surface area contributed by atoms with E-state index in [2.05, 4.69) is 4.90 Å². The molecule has 0 aliphatic heterocycles. The zero-order valence-electron chi connectivity index (χ0n) is 23.3. The van der Waals surface area contributed by atoms with Crippen molar-refractivity contribution in [2.45, 2.75) is 44.9 Å². The lowest BCUT2D eigenvalue weighted by Gasteiger charge is -2.50. The SMILES string of the molecule is CCN(CC)Cc1cc(N(C)C)c2c(c1O)C(=O)C1=C(O)[C@]3(O)C(=O)C(C(N)=O)=C(O)C(N(C)C)[C@@H]3C[C@H]1C2. The van der Waals surface area contributed by atoms with Crippen molar-refractivity contribution in [2.75, 3.05) is 46.2 Å². The second-order valence-electron chi connectivity index (χ2n) is 11.1. The number of nitrogens with zero attached hydrogens (tertiary/aromatic N) is 3. The summed E-state index contributed by atoms with van der Waals surface area (Å²) in [5.74, 6) is -6.47. The number of rotatable bonds is 7. The Morgan fingerprint density at radius 3 is 2.23 bits per heavy atom. The van der Waals surface area contributed by atoms with Crippen molar-refractivity contribution < 1.29 is 34.8 Å². The number of amides is 1. The molecule has 0 bridgehead atoms. The fourth-order valence-corrected chi connectivity index (χ4v) is 6.56. The molecular weight excluding hydrogens is 504 g/mol. The number of aromatic hydroxyl groups is 1. The molecule has 0 fully saturated rings. The van der Waals surface area contributed by atoms with Gasteiger partial charge in [-0.05, 0) is 57.6 Å². The van der Waals surface area contributed by atoms with Gasteiger partial charge < -0.3 is 31.1 Å².